The van der Waals surface area contributed by atoms with Crippen molar-refractivity contribution in [2.75, 3.05) is 11.5 Å². The molecule has 5 rings (SSSR count). The summed E-state index contributed by atoms with van der Waals surface area (Å²) in [5, 5.41) is 0.711. The van der Waals surface area contributed by atoms with Crippen LogP contribution in [-0.4, -0.2) is 23.5 Å². The van der Waals surface area contributed by atoms with Gasteiger partial charge in [-0.1, -0.05) is 51.0 Å². The van der Waals surface area contributed by atoms with Gasteiger partial charge in [0.1, 0.15) is 10.5 Å². The van der Waals surface area contributed by atoms with Crippen LogP contribution in [-0.2, 0) is 4.74 Å². The zero-order chi connectivity index (χ0) is 24.1. The normalized spacial score (nSPS) is 15.1. The van der Waals surface area contributed by atoms with E-state index in [4.69, 9.17) is 9.15 Å². The largest absolute Gasteiger partial charge is 0.462 e. The predicted molar refractivity (Wildman–Crippen MR) is 133 cm³/mol. The number of fused-ring (bicyclic) bond motifs is 2. The first-order valence-corrected chi connectivity index (χ1v) is 12.2. The summed E-state index contributed by atoms with van der Waals surface area (Å²) in [5.74, 6) is -0.991. The van der Waals surface area contributed by atoms with Crippen molar-refractivity contribution in [2.45, 2.75) is 26.8 Å². The van der Waals surface area contributed by atoms with Gasteiger partial charge in [-0.15, -0.1) is 0 Å². The van der Waals surface area contributed by atoms with Crippen LogP contribution >= 0.6 is 27.3 Å². The lowest BCUT2D eigenvalue weighted by Crippen LogP contribution is -2.29. The second-order valence-corrected chi connectivity index (χ2v) is 9.83. The summed E-state index contributed by atoms with van der Waals surface area (Å²) in [4.78, 5) is 46.0. The van der Waals surface area contributed by atoms with E-state index in [0.717, 1.165) is 26.9 Å². The Hall–Kier alpha value is -3.30. The van der Waals surface area contributed by atoms with Crippen LogP contribution in [0.25, 0.3) is 11.0 Å². The molecule has 2 aromatic carbocycles. The first-order chi connectivity index (χ1) is 16.3. The fourth-order valence-corrected chi connectivity index (χ4v) is 5.37. The Balaban J connectivity index is 1.75. The highest BCUT2D eigenvalue weighted by Gasteiger charge is 2.45. The number of thiazole rings is 1. The van der Waals surface area contributed by atoms with E-state index in [2.05, 4.69) is 20.9 Å². The van der Waals surface area contributed by atoms with E-state index in [0.29, 0.717) is 26.7 Å². The topological polar surface area (TPSA) is 89.7 Å². The third-order valence-corrected chi connectivity index (χ3v) is 7.33. The molecule has 1 aliphatic rings. The fraction of sp³-hybridized carbons (Fsp3) is 0.200. The quantitative estimate of drug-likeness (QED) is 0.316. The minimum absolute atomic E-state index is 0.0141. The lowest BCUT2D eigenvalue weighted by molar-refractivity contribution is 0.0531. The Labute approximate surface area is 207 Å². The van der Waals surface area contributed by atoms with Gasteiger partial charge in [0.15, 0.2) is 10.6 Å². The molecule has 1 unspecified atom stereocenters. The number of carbonyl (C=O) groups excluding carboxylic acids is 2. The zero-order valence-electron chi connectivity index (χ0n) is 18.5. The van der Waals surface area contributed by atoms with Crippen molar-refractivity contribution in [3.63, 3.8) is 0 Å². The van der Waals surface area contributed by atoms with Gasteiger partial charge in [-0.25, -0.2) is 9.78 Å². The van der Waals surface area contributed by atoms with Crippen LogP contribution in [0, 0.1) is 13.8 Å². The highest BCUT2D eigenvalue weighted by molar-refractivity contribution is 9.10. The van der Waals surface area contributed by atoms with Crippen molar-refractivity contribution >= 4 is 55.2 Å². The van der Waals surface area contributed by atoms with Crippen molar-refractivity contribution in [3.8, 4) is 0 Å². The van der Waals surface area contributed by atoms with Crippen LogP contribution in [0.4, 0.5) is 5.13 Å². The van der Waals surface area contributed by atoms with Crippen LogP contribution in [0.5, 0.6) is 0 Å². The Morgan fingerprint density at radius 2 is 1.91 bits per heavy atom. The molecule has 0 N–H and O–H groups in total. The number of ether oxygens (including phenoxy) is 1. The Morgan fingerprint density at radius 1 is 1.18 bits per heavy atom. The smallest absolute Gasteiger partial charge is 0.350 e. The second-order valence-electron chi connectivity index (χ2n) is 7.93. The first kappa shape index (κ1) is 22.5. The third kappa shape index (κ3) is 3.56. The van der Waals surface area contributed by atoms with E-state index >= 15 is 0 Å². The van der Waals surface area contributed by atoms with Crippen LogP contribution < -0.4 is 10.3 Å². The highest BCUT2D eigenvalue weighted by Crippen LogP contribution is 2.43. The number of rotatable bonds is 4. The van der Waals surface area contributed by atoms with Crippen LogP contribution in [0.2, 0.25) is 0 Å². The van der Waals surface area contributed by atoms with E-state index in [1.165, 1.54) is 4.90 Å². The maximum Gasteiger partial charge on any atom is 0.350 e. The van der Waals surface area contributed by atoms with Gasteiger partial charge in [0.05, 0.1) is 29.3 Å². The maximum atomic E-state index is 13.7. The Bertz CT molecular complexity index is 1520. The molecule has 7 nitrogen and oxygen atoms in total. The van der Waals surface area contributed by atoms with Crippen LogP contribution in [0.3, 0.4) is 0 Å². The summed E-state index contributed by atoms with van der Waals surface area (Å²) in [5.41, 5.74) is 2.44. The molecule has 4 aromatic rings. The summed E-state index contributed by atoms with van der Waals surface area (Å²) in [6.45, 7) is 5.54. The number of hydrogen-bond donors (Lipinski definition) is 0. The molecule has 0 aliphatic carbocycles. The number of amides is 1. The Kier molecular flexibility index (Phi) is 5.61. The van der Waals surface area contributed by atoms with E-state index in [1.807, 2.05) is 37.3 Å². The third-order valence-electron chi connectivity index (χ3n) is 5.66. The zero-order valence-corrected chi connectivity index (χ0v) is 21.0. The molecule has 172 valence electrons. The molecular formula is C25H19BrN2O5S. The summed E-state index contributed by atoms with van der Waals surface area (Å²) < 4.78 is 12.0. The van der Waals surface area contributed by atoms with Gasteiger partial charge in [0, 0.05) is 4.47 Å². The van der Waals surface area contributed by atoms with Gasteiger partial charge >= 0.3 is 5.97 Å². The number of esters is 1. The molecule has 9 heteroatoms. The van der Waals surface area contributed by atoms with Crippen LogP contribution in [0.15, 0.2) is 56.1 Å². The van der Waals surface area contributed by atoms with E-state index in [1.54, 1.807) is 26.0 Å². The average Bonchev–Trinajstić information content (AvgIpc) is 3.33. The van der Waals surface area contributed by atoms with E-state index in [9.17, 15) is 14.4 Å². The Morgan fingerprint density at radius 3 is 2.62 bits per heavy atom. The van der Waals surface area contributed by atoms with Crippen LogP contribution in [0.1, 0.15) is 55.6 Å². The monoisotopic (exact) mass is 538 g/mol. The first-order valence-electron chi connectivity index (χ1n) is 10.6. The lowest BCUT2D eigenvalue weighted by Gasteiger charge is -2.22. The summed E-state index contributed by atoms with van der Waals surface area (Å²) in [7, 11) is 0. The minimum Gasteiger partial charge on any atom is -0.462 e. The number of carbonyl (C=O) groups is 2. The molecule has 1 amide bonds. The van der Waals surface area contributed by atoms with Crippen molar-refractivity contribution < 1.29 is 18.7 Å². The predicted octanol–water partition coefficient (Wildman–Crippen LogP) is 5.56. The maximum absolute atomic E-state index is 13.7. The van der Waals surface area contributed by atoms with Crippen molar-refractivity contribution in [1.29, 1.82) is 0 Å². The van der Waals surface area contributed by atoms with Gasteiger partial charge in [-0.3, -0.25) is 14.5 Å². The molecule has 34 heavy (non-hydrogen) atoms. The molecule has 0 saturated carbocycles. The molecule has 0 spiro atoms. The number of benzene rings is 2. The number of aryl methyl sites for hydroxylation is 2. The van der Waals surface area contributed by atoms with E-state index < -0.39 is 17.9 Å². The van der Waals surface area contributed by atoms with Gasteiger partial charge in [0.25, 0.3) is 5.91 Å². The van der Waals surface area contributed by atoms with Gasteiger partial charge in [0.2, 0.25) is 5.76 Å². The summed E-state index contributed by atoms with van der Waals surface area (Å²) >= 11 is 4.49. The van der Waals surface area contributed by atoms with Crippen molar-refractivity contribution in [2.24, 2.45) is 0 Å². The molecule has 1 aliphatic heterocycles. The molecule has 2 aromatic heterocycles. The molecule has 1 atom stereocenters. The summed E-state index contributed by atoms with van der Waals surface area (Å²) in [6.07, 6.45) is 0. The SMILES string of the molecule is CCOC(=O)c1sc(N2C(=O)c3oc4ccc(C)cc4c(=O)c3C2c2ccc(Br)cc2)nc1C. The second kappa shape index (κ2) is 8.48. The number of halogens is 1. The number of anilines is 1. The molecule has 0 bridgehead atoms. The molecular weight excluding hydrogens is 520 g/mol. The molecule has 0 fully saturated rings. The minimum atomic E-state index is -0.752. The lowest BCUT2D eigenvalue weighted by atomic mass is 9.98. The highest BCUT2D eigenvalue weighted by atomic mass is 79.9. The molecule has 3 heterocycles. The standard InChI is InChI=1S/C25H19BrN2O5S/c1-4-32-24(31)22-13(3)27-25(34-22)28-19(14-6-8-15(26)9-7-14)18-20(29)16-11-12(2)5-10-17(16)33-21(18)23(28)30/h5-11,19H,4H2,1-3H3. The van der Waals surface area contributed by atoms with E-state index in [-0.39, 0.29) is 23.4 Å². The van der Waals surface area contributed by atoms with Crippen molar-refractivity contribution in [1.82, 2.24) is 4.98 Å². The molecule has 0 saturated heterocycles. The number of hydrogen-bond acceptors (Lipinski definition) is 7. The molecule has 0 radical (unpaired) electrons. The average molecular weight is 539 g/mol. The fourth-order valence-electron chi connectivity index (χ4n) is 4.12. The van der Waals surface area contributed by atoms with Gasteiger partial charge < -0.3 is 9.15 Å². The van der Waals surface area contributed by atoms with Gasteiger partial charge in [-0.05, 0) is 50.6 Å². The van der Waals surface area contributed by atoms with Crippen molar-refractivity contribution in [3.05, 3.63) is 90.2 Å². The number of aromatic nitrogens is 1. The number of nitrogens with zero attached hydrogens (tertiary/aromatic N) is 2. The van der Waals surface area contributed by atoms with Gasteiger partial charge in [-0.2, -0.15) is 0 Å². The summed E-state index contributed by atoms with van der Waals surface area (Å²) in [6, 6.07) is 11.9.